The Labute approximate surface area is 184 Å². The first kappa shape index (κ1) is 20.6. The van der Waals surface area contributed by atoms with Crippen LogP contribution in [0.2, 0.25) is 5.02 Å². The highest BCUT2D eigenvalue weighted by molar-refractivity contribution is 7.17. The number of hydrogen-bond acceptors (Lipinski definition) is 7. The van der Waals surface area contributed by atoms with Crippen LogP contribution < -0.4 is 15.5 Å². The van der Waals surface area contributed by atoms with E-state index >= 15 is 0 Å². The van der Waals surface area contributed by atoms with Crippen LogP contribution in [-0.4, -0.2) is 33.9 Å². The SMILES string of the molecule is Cc1ccc(NC(=O)c2cnc(Nc3cc(N4CCCCC4)nc(C)n3)s2)c(Cl)c1. The number of halogens is 1. The fourth-order valence-corrected chi connectivity index (χ4v) is 4.35. The molecule has 156 valence electrons. The molecule has 0 spiro atoms. The molecule has 3 aromatic rings. The van der Waals surface area contributed by atoms with Crippen molar-refractivity contribution in [3.05, 3.63) is 51.7 Å². The van der Waals surface area contributed by atoms with Crippen molar-refractivity contribution in [3.63, 3.8) is 0 Å². The maximum Gasteiger partial charge on any atom is 0.267 e. The van der Waals surface area contributed by atoms with Gasteiger partial charge in [0, 0.05) is 19.2 Å². The molecule has 2 aromatic heterocycles. The first-order chi connectivity index (χ1) is 14.5. The molecule has 1 saturated heterocycles. The highest BCUT2D eigenvalue weighted by Crippen LogP contribution is 2.27. The summed E-state index contributed by atoms with van der Waals surface area (Å²) < 4.78 is 0. The molecular weight excluding hydrogens is 420 g/mol. The van der Waals surface area contributed by atoms with Gasteiger partial charge in [-0.1, -0.05) is 29.0 Å². The third kappa shape index (κ3) is 4.88. The summed E-state index contributed by atoms with van der Waals surface area (Å²) in [6.07, 6.45) is 5.18. The number of hydrogen-bond donors (Lipinski definition) is 2. The van der Waals surface area contributed by atoms with Gasteiger partial charge in [0.2, 0.25) is 0 Å². The van der Waals surface area contributed by atoms with Crippen molar-refractivity contribution < 1.29 is 4.79 Å². The predicted molar refractivity (Wildman–Crippen MR) is 122 cm³/mol. The van der Waals surface area contributed by atoms with Gasteiger partial charge in [-0.25, -0.2) is 15.0 Å². The van der Waals surface area contributed by atoms with Gasteiger partial charge in [0.1, 0.15) is 22.3 Å². The minimum Gasteiger partial charge on any atom is -0.356 e. The quantitative estimate of drug-likeness (QED) is 0.565. The fourth-order valence-electron chi connectivity index (χ4n) is 3.35. The molecule has 0 atom stereocenters. The molecule has 7 nitrogen and oxygen atoms in total. The van der Waals surface area contributed by atoms with Crippen LogP contribution in [0.15, 0.2) is 30.5 Å². The molecule has 1 aliphatic rings. The molecule has 30 heavy (non-hydrogen) atoms. The number of nitrogens with one attached hydrogen (secondary N) is 2. The number of anilines is 4. The van der Waals surface area contributed by atoms with E-state index in [1.165, 1.54) is 30.6 Å². The van der Waals surface area contributed by atoms with Crippen LogP contribution in [0.4, 0.5) is 22.5 Å². The summed E-state index contributed by atoms with van der Waals surface area (Å²) in [4.78, 5) is 28.7. The van der Waals surface area contributed by atoms with Gasteiger partial charge in [0.25, 0.3) is 5.91 Å². The highest BCUT2D eigenvalue weighted by atomic mass is 35.5. The van der Waals surface area contributed by atoms with Crippen LogP contribution in [0.25, 0.3) is 0 Å². The Morgan fingerprint density at radius 2 is 1.93 bits per heavy atom. The van der Waals surface area contributed by atoms with Crippen LogP contribution in [0.1, 0.15) is 40.3 Å². The normalized spacial score (nSPS) is 13.9. The number of nitrogens with zero attached hydrogens (tertiary/aromatic N) is 4. The summed E-state index contributed by atoms with van der Waals surface area (Å²) in [6.45, 7) is 5.85. The fraction of sp³-hybridized carbons (Fsp3) is 0.333. The van der Waals surface area contributed by atoms with Gasteiger partial charge in [0.05, 0.1) is 16.9 Å². The lowest BCUT2D eigenvalue weighted by atomic mass is 10.1. The molecule has 9 heteroatoms. The second-order valence-corrected chi connectivity index (χ2v) is 8.74. The molecule has 1 amide bonds. The number of aryl methyl sites for hydroxylation is 2. The number of rotatable bonds is 5. The molecule has 0 bridgehead atoms. The number of carbonyl (C=O) groups is 1. The van der Waals surface area contributed by atoms with Crippen LogP contribution in [0, 0.1) is 13.8 Å². The van der Waals surface area contributed by atoms with Crippen molar-refractivity contribution in [1.82, 2.24) is 15.0 Å². The molecule has 0 unspecified atom stereocenters. The van der Waals surface area contributed by atoms with Crippen LogP contribution in [-0.2, 0) is 0 Å². The maximum absolute atomic E-state index is 12.6. The van der Waals surface area contributed by atoms with E-state index in [1.807, 2.05) is 32.0 Å². The molecular formula is C21H23ClN6OS. The van der Waals surface area contributed by atoms with E-state index < -0.39 is 0 Å². The molecule has 0 saturated carbocycles. The number of thiazole rings is 1. The van der Waals surface area contributed by atoms with Crippen LogP contribution >= 0.6 is 22.9 Å². The van der Waals surface area contributed by atoms with E-state index in [9.17, 15) is 4.79 Å². The lowest BCUT2D eigenvalue weighted by molar-refractivity contribution is 0.103. The Morgan fingerprint density at radius 1 is 1.13 bits per heavy atom. The Hall–Kier alpha value is -2.71. The van der Waals surface area contributed by atoms with E-state index in [4.69, 9.17) is 11.6 Å². The van der Waals surface area contributed by atoms with Crippen molar-refractivity contribution in [2.24, 2.45) is 0 Å². The maximum atomic E-state index is 12.6. The summed E-state index contributed by atoms with van der Waals surface area (Å²) in [5.41, 5.74) is 1.61. The van der Waals surface area contributed by atoms with Gasteiger partial charge >= 0.3 is 0 Å². The largest absolute Gasteiger partial charge is 0.356 e. The summed E-state index contributed by atoms with van der Waals surface area (Å²) >= 11 is 7.47. The van der Waals surface area contributed by atoms with E-state index in [0.29, 0.717) is 32.4 Å². The first-order valence-corrected chi connectivity index (χ1v) is 11.1. The van der Waals surface area contributed by atoms with Crippen molar-refractivity contribution >= 4 is 51.3 Å². The van der Waals surface area contributed by atoms with Crippen molar-refractivity contribution in [3.8, 4) is 0 Å². The smallest absolute Gasteiger partial charge is 0.267 e. The van der Waals surface area contributed by atoms with Gasteiger partial charge < -0.3 is 15.5 Å². The zero-order chi connectivity index (χ0) is 21.1. The van der Waals surface area contributed by atoms with Gasteiger partial charge in [0.15, 0.2) is 5.13 Å². The van der Waals surface area contributed by atoms with Crippen molar-refractivity contribution in [2.45, 2.75) is 33.1 Å². The average molecular weight is 443 g/mol. The van der Waals surface area contributed by atoms with Gasteiger partial charge in [-0.15, -0.1) is 0 Å². The summed E-state index contributed by atoms with van der Waals surface area (Å²) in [7, 11) is 0. The van der Waals surface area contributed by atoms with E-state index in [1.54, 1.807) is 12.3 Å². The lowest BCUT2D eigenvalue weighted by Crippen LogP contribution is -2.30. The monoisotopic (exact) mass is 442 g/mol. The molecule has 2 N–H and O–H groups in total. The molecule has 3 heterocycles. The topological polar surface area (TPSA) is 83.0 Å². The number of aromatic nitrogens is 3. The van der Waals surface area contributed by atoms with Crippen molar-refractivity contribution in [2.75, 3.05) is 28.6 Å². The molecule has 1 fully saturated rings. The van der Waals surface area contributed by atoms with Crippen LogP contribution in [0.3, 0.4) is 0 Å². The second-order valence-electron chi connectivity index (χ2n) is 7.30. The summed E-state index contributed by atoms with van der Waals surface area (Å²) in [5.74, 6) is 2.04. The predicted octanol–water partition coefficient (Wildman–Crippen LogP) is 5.19. The lowest BCUT2D eigenvalue weighted by Gasteiger charge is -2.28. The minimum atomic E-state index is -0.251. The zero-order valence-electron chi connectivity index (χ0n) is 16.9. The second kappa shape index (κ2) is 8.97. The van der Waals surface area contributed by atoms with Gasteiger partial charge in [-0.05, 0) is 50.8 Å². The molecule has 0 aliphatic carbocycles. The van der Waals surface area contributed by atoms with Crippen molar-refractivity contribution in [1.29, 1.82) is 0 Å². The zero-order valence-corrected chi connectivity index (χ0v) is 18.5. The molecule has 0 radical (unpaired) electrons. The van der Waals surface area contributed by atoms with Crippen LogP contribution in [0.5, 0.6) is 0 Å². The molecule has 4 rings (SSSR count). The Morgan fingerprint density at radius 3 is 2.70 bits per heavy atom. The number of carbonyl (C=O) groups excluding carboxylic acids is 1. The highest BCUT2D eigenvalue weighted by Gasteiger charge is 2.16. The standard InChI is InChI=1S/C21H23ClN6OS/c1-13-6-7-16(15(22)10-13)26-20(29)17-12-23-21(30-17)27-18-11-19(25-14(2)24-18)28-8-4-3-5-9-28/h6-7,10-12H,3-5,8-9H2,1-2H3,(H,26,29)(H,23,24,25,27). The van der Waals surface area contributed by atoms with Gasteiger partial charge in [-0.2, -0.15) is 0 Å². The van der Waals surface area contributed by atoms with E-state index in [-0.39, 0.29) is 5.91 Å². The summed E-state index contributed by atoms with van der Waals surface area (Å²) in [6, 6.07) is 7.44. The number of benzene rings is 1. The Bertz CT molecular complexity index is 1060. The van der Waals surface area contributed by atoms with E-state index in [0.717, 1.165) is 24.5 Å². The number of piperidine rings is 1. The Balaban J connectivity index is 1.46. The minimum absolute atomic E-state index is 0.251. The third-order valence-electron chi connectivity index (χ3n) is 4.84. The molecule has 1 aliphatic heterocycles. The van der Waals surface area contributed by atoms with E-state index in [2.05, 4.69) is 30.5 Å². The van der Waals surface area contributed by atoms with Gasteiger partial charge in [-0.3, -0.25) is 4.79 Å². The Kier molecular flexibility index (Phi) is 6.15. The first-order valence-electron chi connectivity index (χ1n) is 9.89. The summed E-state index contributed by atoms with van der Waals surface area (Å²) in [5, 5.41) is 7.14. The average Bonchev–Trinajstić information content (AvgIpc) is 3.19. The molecule has 1 aromatic carbocycles. The third-order valence-corrected chi connectivity index (χ3v) is 6.07. The number of amides is 1.